The van der Waals surface area contributed by atoms with Crippen LogP contribution in [0.5, 0.6) is 0 Å². The summed E-state index contributed by atoms with van der Waals surface area (Å²) in [6.45, 7) is 5.89. The van der Waals surface area contributed by atoms with Crippen molar-refractivity contribution in [3.05, 3.63) is 35.9 Å². The Hall–Kier alpha value is -1.99. The van der Waals surface area contributed by atoms with E-state index in [-0.39, 0.29) is 6.10 Å². The molecule has 2 aromatic rings. The maximum atomic E-state index is 5.77. The number of nitrogens with zero attached hydrogens (tertiary/aromatic N) is 4. The van der Waals surface area contributed by atoms with Crippen molar-refractivity contribution >= 4 is 5.82 Å². The molecule has 1 saturated heterocycles. The van der Waals surface area contributed by atoms with E-state index in [4.69, 9.17) is 9.26 Å². The largest absolute Gasteiger partial charge is 0.374 e. The molecule has 0 saturated carbocycles. The van der Waals surface area contributed by atoms with Crippen LogP contribution in [-0.4, -0.2) is 52.6 Å². The van der Waals surface area contributed by atoms with Gasteiger partial charge < -0.3 is 14.6 Å². The first-order valence-corrected chi connectivity index (χ1v) is 7.07. The molecular formula is C14H19N5O2. The van der Waals surface area contributed by atoms with E-state index < -0.39 is 0 Å². The summed E-state index contributed by atoms with van der Waals surface area (Å²) in [5, 5.41) is 15.0. The zero-order valence-electron chi connectivity index (χ0n) is 12.0. The summed E-state index contributed by atoms with van der Waals surface area (Å²) in [5.41, 5.74) is 0.916. The molecule has 1 N–H and O–H groups in total. The molecule has 0 bridgehead atoms. The molecule has 7 heteroatoms. The summed E-state index contributed by atoms with van der Waals surface area (Å²) < 4.78 is 11.0. The highest BCUT2D eigenvalue weighted by Crippen LogP contribution is 2.12. The van der Waals surface area contributed by atoms with Crippen molar-refractivity contribution in [3.8, 4) is 0 Å². The quantitative estimate of drug-likeness (QED) is 0.882. The average Bonchev–Trinajstić information content (AvgIpc) is 2.92. The molecule has 112 valence electrons. The Morgan fingerprint density at radius 2 is 2.43 bits per heavy atom. The van der Waals surface area contributed by atoms with Crippen molar-refractivity contribution in [1.82, 2.24) is 20.3 Å². The van der Waals surface area contributed by atoms with E-state index in [0.717, 1.165) is 43.5 Å². The predicted octanol–water partition coefficient (Wildman–Crippen LogP) is 1.09. The first-order chi connectivity index (χ1) is 10.3. The normalized spacial score (nSPS) is 19.6. The number of nitrogens with one attached hydrogen (secondary N) is 1. The van der Waals surface area contributed by atoms with Crippen LogP contribution in [0.3, 0.4) is 0 Å². The number of aryl methyl sites for hydroxylation is 1. The van der Waals surface area contributed by atoms with Crippen LogP contribution in [0.4, 0.5) is 5.82 Å². The van der Waals surface area contributed by atoms with E-state index in [0.29, 0.717) is 6.54 Å². The van der Waals surface area contributed by atoms with Crippen molar-refractivity contribution < 1.29 is 9.26 Å². The van der Waals surface area contributed by atoms with E-state index in [9.17, 15) is 0 Å². The minimum absolute atomic E-state index is 0.129. The maximum absolute atomic E-state index is 5.77. The highest BCUT2D eigenvalue weighted by molar-refractivity contribution is 5.31. The molecular weight excluding hydrogens is 270 g/mol. The van der Waals surface area contributed by atoms with Gasteiger partial charge in [-0.05, 0) is 19.1 Å². The van der Waals surface area contributed by atoms with E-state index in [1.54, 1.807) is 6.20 Å². The zero-order chi connectivity index (χ0) is 14.5. The molecule has 1 fully saturated rings. The smallest absolute Gasteiger partial charge is 0.150 e. The minimum atomic E-state index is 0.129. The van der Waals surface area contributed by atoms with Crippen molar-refractivity contribution in [3.63, 3.8) is 0 Å². The highest BCUT2D eigenvalue weighted by Gasteiger charge is 2.21. The van der Waals surface area contributed by atoms with Gasteiger partial charge in [-0.25, -0.2) is 0 Å². The molecule has 1 unspecified atom stereocenters. The molecule has 3 heterocycles. The van der Waals surface area contributed by atoms with Gasteiger partial charge in [-0.3, -0.25) is 4.90 Å². The Morgan fingerprint density at radius 1 is 1.48 bits per heavy atom. The van der Waals surface area contributed by atoms with Gasteiger partial charge >= 0.3 is 0 Å². The summed E-state index contributed by atoms with van der Waals surface area (Å²) in [4.78, 5) is 2.31. The molecule has 0 amide bonds. The van der Waals surface area contributed by atoms with Gasteiger partial charge in [-0.15, -0.1) is 5.10 Å². The Morgan fingerprint density at radius 3 is 3.19 bits per heavy atom. The number of aromatic nitrogens is 3. The van der Waals surface area contributed by atoms with Crippen LogP contribution in [0, 0.1) is 6.92 Å². The number of morpholine rings is 1. The molecule has 0 aromatic carbocycles. The first-order valence-electron chi connectivity index (χ1n) is 7.07. The number of ether oxygens (including phenoxy) is 1. The van der Waals surface area contributed by atoms with Crippen LogP contribution in [0.15, 0.2) is 28.9 Å². The van der Waals surface area contributed by atoms with Crippen LogP contribution in [-0.2, 0) is 11.3 Å². The lowest BCUT2D eigenvalue weighted by molar-refractivity contribution is -0.0263. The predicted molar refractivity (Wildman–Crippen MR) is 76.8 cm³/mol. The number of hydrogen-bond acceptors (Lipinski definition) is 7. The SMILES string of the molecule is Cc1cc(CN2CCOC(CNc3cccnn3)C2)on1. The summed E-state index contributed by atoms with van der Waals surface area (Å²) in [5.74, 6) is 1.67. The van der Waals surface area contributed by atoms with Gasteiger partial charge in [0.15, 0.2) is 5.76 Å². The molecule has 1 aliphatic rings. The van der Waals surface area contributed by atoms with Crippen molar-refractivity contribution in [2.75, 3.05) is 31.6 Å². The fourth-order valence-electron chi connectivity index (χ4n) is 2.37. The lowest BCUT2D eigenvalue weighted by atomic mass is 10.2. The maximum Gasteiger partial charge on any atom is 0.150 e. The molecule has 0 spiro atoms. The molecule has 21 heavy (non-hydrogen) atoms. The summed E-state index contributed by atoms with van der Waals surface area (Å²) in [6.07, 6.45) is 1.79. The van der Waals surface area contributed by atoms with Gasteiger partial charge in [0.25, 0.3) is 0 Å². The van der Waals surface area contributed by atoms with Gasteiger partial charge in [0.2, 0.25) is 0 Å². The highest BCUT2D eigenvalue weighted by atomic mass is 16.5. The van der Waals surface area contributed by atoms with Crippen LogP contribution in [0.25, 0.3) is 0 Å². The van der Waals surface area contributed by atoms with E-state index in [1.165, 1.54) is 0 Å². The fourth-order valence-corrected chi connectivity index (χ4v) is 2.37. The summed E-state index contributed by atoms with van der Waals surface area (Å²) >= 11 is 0. The first kappa shape index (κ1) is 14.0. The van der Waals surface area contributed by atoms with Gasteiger partial charge in [0.05, 0.1) is 24.9 Å². The Labute approximate surface area is 123 Å². The van der Waals surface area contributed by atoms with Crippen LogP contribution in [0.2, 0.25) is 0 Å². The fraction of sp³-hybridized carbons (Fsp3) is 0.500. The van der Waals surface area contributed by atoms with E-state index in [2.05, 4.69) is 25.6 Å². The molecule has 0 radical (unpaired) electrons. The topological polar surface area (TPSA) is 76.3 Å². The van der Waals surface area contributed by atoms with Crippen molar-refractivity contribution in [2.24, 2.45) is 0 Å². The summed E-state index contributed by atoms with van der Waals surface area (Å²) in [6, 6.07) is 5.72. The lowest BCUT2D eigenvalue weighted by Crippen LogP contribution is -2.44. The van der Waals surface area contributed by atoms with Crippen molar-refractivity contribution in [1.29, 1.82) is 0 Å². The molecule has 7 nitrogen and oxygen atoms in total. The lowest BCUT2D eigenvalue weighted by Gasteiger charge is -2.32. The van der Waals surface area contributed by atoms with Crippen LogP contribution in [0.1, 0.15) is 11.5 Å². The number of anilines is 1. The standard InChI is InChI=1S/C14H19N5O2/c1-11-7-12(21-18-11)9-19-5-6-20-13(10-19)8-15-14-3-2-4-16-17-14/h2-4,7,13H,5-6,8-10H2,1H3,(H,15,17). The van der Waals surface area contributed by atoms with Gasteiger partial charge in [0, 0.05) is 31.9 Å². The molecule has 3 rings (SSSR count). The number of rotatable bonds is 5. The monoisotopic (exact) mass is 289 g/mol. The summed E-state index contributed by atoms with van der Waals surface area (Å²) in [7, 11) is 0. The minimum Gasteiger partial charge on any atom is -0.374 e. The Balaban J connectivity index is 1.49. The third-order valence-corrected chi connectivity index (χ3v) is 3.36. The Kier molecular flexibility index (Phi) is 4.42. The third kappa shape index (κ3) is 3.99. The zero-order valence-corrected chi connectivity index (χ0v) is 12.0. The van der Waals surface area contributed by atoms with Gasteiger partial charge in [0.1, 0.15) is 5.82 Å². The molecule has 1 atom stereocenters. The Bertz CT molecular complexity index is 560. The van der Waals surface area contributed by atoms with Crippen LogP contribution < -0.4 is 5.32 Å². The molecule has 0 aliphatic carbocycles. The molecule has 2 aromatic heterocycles. The third-order valence-electron chi connectivity index (χ3n) is 3.36. The van der Waals surface area contributed by atoms with E-state index in [1.807, 2.05) is 25.1 Å². The van der Waals surface area contributed by atoms with E-state index >= 15 is 0 Å². The van der Waals surface area contributed by atoms with Crippen molar-refractivity contribution in [2.45, 2.75) is 19.6 Å². The average molecular weight is 289 g/mol. The second-order valence-corrected chi connectivity index (χ2v) is 5.15. The van der Waals surface area contributed by atoms with Crippen LogP contribution >= 0.6 is 0 Å². The second kappa shape index (κ2) is 6.64. The number of hydrogen-bond donors (Lipinski definition) is 1. The molecule has 1 aliphatic heterocycles. The van der Waals surface area contributed by atoms with Gasteiger partial charge in [-0.1, -0.05) is 5.16 Å². The second-order valence-electron chi connectivity index (χ2n) is 5.15. The van der Waals surface area contributed by atoms with Gasteiger partial charge in [-0.2, -0.15) is 5.10 Å².